The van der Waals surface area contributed by atoms with Crippen LogP contribution in [-0.2, 0) is 10.0 Å². The van der Waals surface area contributed by atoms with Gasteiger partial charge in [-0.25, -0.2) is 18.1 Å². The molecule has 0 atom stereocenters. The summed E-state index contributed by atoms with van der Waals surface area (Å²) in [6.45, 7) is 5.14. The smallest absolute Gasteiger partial charge is 0.244 e. The van der Waals surface area contributed by atoms with E-state index in [9.17, 15) is 8.42 Å². The molecule has 19 heavy (non-hydrogen) atoms. The number of hydrogen-bond donors (Lipinski definition) is 2. The van der Waals surface area contributed by atoms with Crippen LogP contribution < -0.4 is 10.0 Å². The first-order valence-electron chi connectivity index (χ1n) is 6.80. The molecule has 0 aromatic carbocycles. The van der Waals surface area contributed by atoms with Gasteiger partial charge in [0, 0.05) is 19.3 Å². The SMILES string of the molecule is CCCCCCNS(=O)(=O)c1cccnc1NCC. The second-order valence-corrected chi connectivity index (χ2v) is 6.07. The molecule has 108 valence electrons. The van der Waals surface area contributed by atoms with E-state index in [0.29, 0.717) is 18.9 Å². The van der Waals surface area contributed by atoms with E-state index in [1.54, 1.807) is 18.3 Å². The van der Waals surface area contributed by atoms with E-state index in [2.05, 4.69) is 21.9 Å². The van der Waals surface area contributed by atoms with Crippen LogP contribution in [0, 0.1) is 0 Å². The van der Waals surface area contributed by atoms with Crippen molar-refractivity contribution in [1.29, 1.82) is 0 Å². The minimum Gasteiger partial charge on any atom is -0.369 e. The molecular formula is C13H23N3O2S. The topological polar surface area (TPSA) is 71.1 Å². The number of pyridine rings is 1. The molecule has 0 aliphatic rings. The Balaban J connectivity index is 2.66. The summed E-state index contributed by atoms with van der Waals surface area (Å²) < 4.78 is 27.0. The van der Waals surface area contributed by atoms with Gasteiger partial charge in [0.2, 0.25) is 10.0 Å². The van der Waals surface area contributed by atoms with Crippen molar-refractivity contribution < 1.29 is 8.42 Å². The molecule has 0 aliphatic heterocycles. The summed E-state index contributed by atoms with van der Waals surface area (Å²) in [5.41, 5.74) is 0. The molecule has 0 saturated carbocycles. The number of sulfonamides is 1. The van der Waals surface area contributed by atoms with Crippen LogP contribution in [0.4, 0.5) is 5.82 Å². The van der Waals surface area contributed by atoms with Crippen LogP contribution >= 0.6 is 0 Å². The highest BCUT2D eigenvalue weighted by Crippen LogP contribution is 2.17. The molecule has 0 unspecified atom stereocenters. The minimum atomic E-state index is -3.48. The third-order valence-electron chi connectivity index (χ3n) is 2.73. The summed E-state index contributed by atoms with van der Waals surface area (Å²) in [5.74, 6) is 0.408. The molecule has 0 spiro atoms. The van der Waals surface area contributed by atoms with E-state index in [1.807, 2.05) is 6.92 Å². The van der Waals surface area contributed by atoms with Crippen LogP contribution in [0.5, 0.6) is 0 Å². The molecule has 0 amide bonds. The minimum absolute atomic E-state index is 0.215. The Bertz CT molecular complexity index is 475. The lowest BCUT2D eigenvalue weighted by Crippen LogP contribution is -2.26. The Morgan fingerprint density at radius 3 is 2.68 bits per heavy atom. The maximum atomic E-state index is 12.2. The first-order valence-corrected chi connectivity index (χ1v) is 8.28. The standard InChI is InChI=1S/C13H23N3O2S/c1-3-5-6-7-11-16-19(17,18)12-9-8-10-15-13(12)14-4-2/h8-10,16H,3-7,11H2,1-2H3,(H,14,15). The molecule has 0 saturated heterocycles. The predicted molar refractivity (Wildman–Crippen MR) is 77.7 cm³/mol. The number of nitrogens with one attached hydrogen (secondary N) is 2. The predicted octanol–water partition coefficient (Wildman–Crippen LogP) is 2.37. The van der Waals surface area contributed by atoms with Crippen molar-refractivity contribution in [1.82, 2.24) is 9.71 Å². The summed E-state index contributed by atoms with van der Waals surface area (Å²) in [6, 6.07) is 3.20. The highest BCUT2D eigenvalue weighted by Gasteiger charge is 2.18. The zero-order chi connectivity index (χ0) is 14.1. The molecular weight excluding hydrogens is 262 g/mol. The number of unbranched alkanes of at least 4 members (excludes halogenated alkanes) is 3. The Kier molecular flexibility index (Phi) is 6.80. The fourth-order valence-corrected chi connectivity index (χ4v) is 2.95. The Labute approximate surface area is 115 Å². The van der Waals surface area contributed by atoms with Gasteiger partial charge < -0.3 is 5.32 Å². The Hall–Kier alpha value is -1.14. The van der Waals surface area contributed by atoms with Crippen molar-refractivity contribution in [2.24, 2.45) is 0 Å². The average Bonchev–Trinajstić information content (AvgIpc) is 2.39. The highest BCUT2D eigenvalue weighted by molar-refractivity contribution is 7.89. The fraction of sp³-hybridized carbons (Fsp3) is 0.615. The van der Waals surface area contributed by atoms with Gasteiger partial charge in [0.1, 0.15) is 10.7 Å². The van der Waals surface area contributed by atoms with Crippen LogP contribution in [-0.4, -0.2) is 26.5 Å². The summed E-state index contributed by atoms with van der Waals surface area (Å²) in [7, 11) is -3.48. The van der Waals surface area contributed by atoms with Crippen LogP contribution in [0.25, 0.3) is 0 Å². The summed E-state index contributed by atoms with van der Waals surface area (Å²) in [5, 5.41) is 2.96. The third-order valence-corrected chi connectivity index (χ3v) is 4.22. The summed E-state index contributed by atoms with van der Waals surface area (Å²) in [6.07, 6.45) is 5.77. The maximum absolute atomic E-state index is 12.2. The van der Waals surface area contributed by atoms with E-state index in [0.717, 1.165) is 25.7 Å². The van der Waals surface area contributed by atoms with Gasteiger partial charge in [-0.15, -0.1) is 0 Å². The Morgan fingerprint density at radius 1 is 1.21 bits per heavy atom. The van der Waals surface area contributed by atoms with Crippen molar-refractivity contribution >= 4 is 15.8 Å². The molecule has 2 N–H and O–H groups in total. The van der Waals surface area contributed by atoms with E-state index < -0.39 is 10.0 Å². The second-order valence-electron chi connectivity index (χ2n) is 4.34. The average molecular weight is 285 g/mol. The zero-order valence-electron chi connectivity index (χ0n) is 11.6. The molecule has 1 aromatic heterocycles. The lowest BCUT2D eigenvalue weighted by Gasteiger charge is -2.11. The third kappa shape index (κ3) is 5.16. The van der Waals surface area contributed by atoms with Crippen LogP contribution in [0.15, 0.2) is 23.2 Å². The monoisotopic (exact) mass is 285 g/mol. The van der Waals surface area contributed by atoms with Gasteiger partial charge >= 0.3 is 0 Å². The number of anilines is 1. The van der Waals surface area contributed by atoms with Crippen molar-refractivity contribution in [3.8, 4) is 0 Å². The quantitative estimate of drug-likeness (QED) is 0.683. The molecule has 1 heterocycles. The molecule has 0 radical (unpaired) electrons. The second kappa shape index (κ2) is 8.12. The Morgan fingerprint density at radius 2 is 2.00 bits per heavy atom. The molecule has 6 heteroatoms. The summed E-state index contributed by atoms with van der Waals surface area (Å²) in [4.78, 5) is 4.28. The molecule has 1 aromatic rings. The number of rotatable bonds is 9. The lowest BCUT2D eigenvalue weighted by atomic mass is 10.2. The van der Waals surface area contributed by atoms with Gasteiger partial charge in [0.05, 0.1) is 0 Å². The van der Waals surface area contributed by atoms with Crippen LogP contribution in [0.3, 0.4) is 0 Å². The zero-order valence-corrected chi connectivity index (χ0v) is 12.5. The van der Waals surface area contributed by atoms with Gasteiger partial charge in [-0.3, -0.25) is 0 Å². The van der Waals surface area contributed by atoms with Gasteiger partial charge in [-0.1, -0.05) is 26.2 Å². The normalized spacial score (nSPS) is 11.5. The molecule has 0 bridgehead atoms. The van der Waals surface area contributed by atoms with Crippen molar-refractivity contribution in [3.05, 3.63) is 18.3 Å². The fourth-order valence-electron chi connectivity index (χ4n) is 1.74. The number of aromatic nitrogens is 1. The maximum Gasteiger partial charge on any atom is 0.244 e. The van der Waals surface area contributed by atoms with Crippen LogP contribution in [0.1, 0.15) is 39.5 Å². The first kappa shape index (κ1) is 15.9. The largest absolute Gasteiger partial charge is 0.369 e. The number of hydrogen-bond acceptors (Lipinski definition) is 4. The van der Waals surface area contributed by atoms with E-state index in [1.165, 1.54) is 0 Å². The lowest BCUT2D eigenvalue weighted by molar-refractivity contribution is 0.573. The molecule has 0 fully saturated rings. The van der Waals surface area contributed by atoms with E-state index >= 15 is 0 Å². The van der Waals surface area contributed by atoms with Gasteiger partial charge in [-0.05, 0) is 25.5 Å². The first-order chi connectivity index (χ1) is 9.11. The van der Waals surface area contributed by atoms with Gasteiger partial charge in [0.15, 0.2) is 0 Å². The molecule has 1 rings (SSSR count). The van der Waals surface area contributed by atoms with Crippen LogP contribution in [0.2, 0.25) is 0 Å². The van der Waals surface area contributed by atoms with Crippen molar-refractivity contribution in [2.45, 2.75) is 44.4 Å². The number of nitrogens with zero attached hydrogens (tertiary/aromatic N) is 1. The van der Waals surface area contributed by atoms with Gasteiger partial charge in [0.25, 0.3) is 0 Å². The van der Waals surface area contributed by atoms with E-state index in [-0.39, 0.29) is 4.90 Å². The van der Waals surface area contributed by atoms with Crippen molar-refractivity contribution in [3.63, 3.8) is 0 Å². The molecule has 5 nitrogen and oxygen atoms in total. The van der Waals surface area contributed by atoms with Gasteiger partial charge in [-0.2, -0.15) is 0 Å². The highest BCUT2D eigenvalue weighted by atomic mass is 32.2. The van der Waals surface area contributed by atoms with E-state index in [4.69, 9.17) is 0 Å². The molecule has 0 aliphatic carbocycles. The summed E-state index contributed by atoms with van der Waals surface area (Å²) >= 11 is 0. The van der Waals surface area contributed by atoms with Crippen molar-refractivity contribution in [2.75, 3.05) is 18.4 Å².